The Morgan fingerprint density at radius 1 is 1.15 bits per heavy atom. The highest BCUT2D eigenvalue weighted by Gasteiger charge is 2.31. The summed E-state index contributed by atoms with van der Waals surface area (Å²) in [5, 5.41) is 8.36. The van der Waals surface area contributed by atoms with Gasteiger partial charge in [0.2, 0.25) is 0 Å². The fraction of sp³-hybridized carbons (Fsp3) is 0.588. The first kappa shape index (κ1) is 19.6. The van der Waals surface area contributed by atoms with Crippen LogP contribution < -0.4 is 9.80 Å². The lowest BCUT2D eigenvalue weighted by atomic mass is 10.2. The molecule has 1 fully saturated rings. The van der Waals surface area contributed by atoms with Gasteiger partial charge in [0, 0.05) is 65.5 Å². The summed E-state index contributed by atoms with van der Waals surface area (Å²) in [7, 11) is 2.13. The minimum absolute atomic E-state index is 0.122. The van der Waals surface area contributed by atoms with Crippen LogP contribution in [0.15, 0.2) is 23.5 Å². The SMILES string of the molecule is CC(C)c1nc(S(=O)(=O)N2CCN(c3cc(N(C)C)cnn3)CC2)cn1C. The van der Waals surface area contributed by atoms with Crippen LogP contribution >= 0.6 is 0 Å². The van der Waals surface area contributed by atoms with Gasteiger partial charge in [-0.3, -0.25) is 0 Å². The Hall–Kier alpha value is -2.20. The standard InChI is InChI=1S/C17H27N7O2S/c1-13(2)17-19-16(12-22(17)5)27(25,26)24-8-6-23(7-9-24)15-10-14(21(3)4)11-18-20-15/h10-13H,6-9H2,1-5H3. The van der Waals surface area contributed by atoms with Crippen molar-refractivity contribution in [1.29, 1.82) is 0 Å². The minimum Gasteiger partial charge on any atom is -0.376 e. The molecule has 27 heavy (non-hydrogen) atoms. The fourth-order valence-corrected chi connectivity index (χ4v) is 4.56. The van der Waals surface area contributed by atoms with Crippen LogP contribution in [-0.2, 0) is 17.1 Å². The summed E-state index contributed by atoms with van der Waals surface area (Å²) in [4.78, 5) is 8.38. The van der Waals surface area contributed by atoms with E-state index in [4.69, 9.17) is 0 Å². The first-order valence-corrected chi connectivity index (χ1v) is 10.4. The number of anilines is 2. The molecule has 148 valence electrons. The molecule has 1 aliphatic heterocycles. The molecule has 0 saturated carbocycles. The maximum absolute atomic E-state index is 13.0. The summed E-state index contributed by atoms with van der Waals surface area (Å²) in [6.45, 7) is 5.91. The van der Waals surface area contributed by atoms with Gasteiger partial charge in [-0.05, 0) is 0 Å². The summed E-state index contributed by atoms with van der Waals surface area (Å²) >= 11 is 0. The molecule has 0 spiro atoms. The Balaban J connectivity index is 1.73. The highest BCUT2D eigenvalue weighted by atomic mass is 32.2. The number of sulfonamides is 1. The second kappa shape index (κ2) is 7.43. The highest BCUT2D eigenvalue weighted by molar-refractivity contribution is 7.89. The molecule has 2 aromatic rings. The molecule has 0 amide bonds. The van der Waals surface area contributed by atoms with Crippen molar-refractivity contribution in [2.45, 2.75) is 24.8 Å². The van der Waals surface area contributed by atoms with Crippen molar-refractivity contribution in [1.82, 2.24) is 24.1 Å². The van der Waals surface area contributed by atoms with Crippen molar-refractivity contribution >= 4 is 21.5 Å². The number of piperazine rings is 1. The van der Waals surface area contributed by atoms with E-state index in [2.05, 4.69) is 20.1 Å². The van der Waals surface area contributed by atoms with E-state index in [1.807, 2.05) is 46.0 Å². The van der Waals surface area contributed by atoms with Crippen molar-refractivity contribution in [3.05, 3.63) is 24.3 Å². The van der Waals surface area contributed by atoms with Gasteiger partial charge in [-0.2, -0.15) is 9.40 Å². The molecule has 0 aliphatic carbocycles. The van der Waals surface area contributed by atoms with Gasteiger partial charge >= 0.3 is 0 Å². The van der Waals surface area contributed by atoms with Crippen LogP contribution in [0.2, 0.25) is 0 Å². The smallest absolute Gasteiger partial charge is 0.262 e. The monoisotopic (exact) mass is 393 g/mol. The van der Waals surface area contributed by atoms with Crippen LogP contribution in [0.25, 0.3) is 0 Å². The van der Waals surface area contributed by atoms with Gasteiger partial charge in [0.25, 0.3) is 10.0 Å². The number of nitrogens with zero attached hydrogens (tertiary/aromatic N) is 7. The minimum atomic E-state index is -3.59. The average Bonchev–Trinajstić information content (AvgIpc) is 3.05. The fourth-order valence-electron chi connectivity index (χ4n) is 3.15. The predicted molar refractivity (Wildman–Crippen MR) is 105 cm³/mol. The molecule has 0 bridgehead atoms. The van der Waals surface area contributed by atoms with Gasteiger partial charge < -0.3 is 14.4 Å². The zero-order chi connectivity index (χ0) is 19.8. The quantitative estimate of drug-likeness (QED) is 0.746. The number of imidazole rings is 1. The van der Waals surface area contributed by atoms with Gasteiger partial charge in [-0.1, -0.05) is 13.8 Å². The Morgan fingerprint density at radius 2 is 1.81 bits per heavy atom. The number of aromatic nitrogens is 4. The third-order valence-electron chi connectivity index (χ3n) is 4.72. The first-order chi connectivity index (χ1) is 12.7. The van der Waals surface area contributed by atoms with Crippen molar-refractivity contribution < 1.29 is 8.42 Å². The van der Waals surface area contributed by atoms with Crippen molar-refractivity contribution in [3.8, 4) is 0 Å². The summed E-state index contributed by atoms with van der Waals surface area (Å²) in [5.41, 5.74) is 0.963. The molecule has 2 aromatic heterocycles. The first-order valence-electron chi connectivity index (χ1n) is 8.98. The summed E-state index contributed by atoms with van der Waals surface area (Å²) in [5.74, 6) is 1.69. The molecule has 0 N–H and O–H groups in total. The lowest BCUT2D eigenvalue weighted by Crippen LogP contribution is -2.49. The predicted octanol–water partition coefficient (Wildman–Crippen LogP) is 0.910. The summed E-state index contributed by atoms with van der Waals surface area (Å²) in [6.07, 6.45) is 3.31. The Labute approximate surface area is 160 Å². The largest absolute Gasteiger partial charge is 0.376 e. The van der Waals surface area contributed by atoms with Gasteiger partial charge in [-0.15, -0.1) is 5.10 Å². The van der Waals surface area contributed by atoms with E-state index < -0.39 is 10.0 Å². The third-order valence-corrected chi connectivity index (χ3v) is 6.49. The third kappa shape index (κ3) is 3.91. The van der Waals surface area contributed by atoms with Crippen molar-refractivity contribution in [2.75, 3.05) is 50.1 Å². The van der Waals surface area contributed by atoms with E-state index >= 15 is 0 Å². The Bertz CT molecular complexity index is 900. The van der Waals surface area contributed by atoms with Crippen LogP contribution in [-0.4, -0.2) is 72.7 Å². The number of rotatable bonds is 5. The Kier molecular flexibility index (Phi) is 5.38. The van der Waals surface area contributed by atoms with E-state index in [0.29, 0.717) is 26.2 Å². The van der Waals surface area contributed by atoms with E-state index in [1.165, 1.54) is 4.31 Å². The van der Waals surface area contributed by atoms with Crippen molar-refractivity contribution in [3.63, 3.8) is 0 Å². The summed E-state index contributed by atoms with van der Waals surface area (Å²) < 4.78 is 29.2. The number of hydrogen-bond donors (Lipinski definition) is 0. The van der Waals surface area contributed by atoms with Crippen LogP contribution in [0.5, 0.6) is 0 Å². The molecule has 0 radical (unpaired) electrons. The van der Waals surface area contributed by atoms with Gasteiger partial charge in [-0.25, -0.2) is 13.4 Å². The molecule has 3 heterocycles. The van der Waals surface area contributed by atoms with E-state index in [-0.39, 0.29) is 10.9 Å². The van der Waals surface area contributed by atoms with Crippen LogP contribution in [0.4, 0.5) is 11.5 Å². The second-order valence-corrected chi connectivity index (χ2v) is 9.15. The topological polar surface area (TPSA) is 87.5 Å². The molecule has 1 aliphatic rings. The van der Waals surface area contributed by atoms with E-state index in [9.17, 15) is 8.42 Å². The molecule has 10 heteroatoms. The highest BCUT2D eigenvalue weighted by Crippen LogP contribution is 2.23. The lowest BCUT2D eigenvalue weighted by Gasteiger charge is -2.34. The van der Waals surface area contributed by atoms with E-state index in [0.717, 1.165) is 17.3 Å². The van der Waals surface area contributed by atoms with Crippen LogP contribution in [0.3, 0.4) is 0 Å². The van der Waals surface area contributed by atoms with E-state index in [1.54, 1.807) is 17.0 Å². The zero-order valence-corrected chi connectivity index (χ0v) is 17.3. The molecular formula is C17H27N7O2S. The molecule has 3 rings (SSSR count). The lowest BCUT2D eigenvalue weighted by molar-refractivity contribution is 0.382. The second-order valence-electron chi connectivity index (χ2n) is 7.26. The van der Waals surface area contributed by atoms with Gasteiger partial charge in [0.05, 0.1) is 11.9 Å². The normalized spacial score (nSPS) is 16.1. The average molecular weight is 394 g/mol. The van der Waals surface area contributed by atoms with Crippen LogP contribution in [0.1, 0.15) is 25.6 Å². The van der Waals surface area contributed by atoms with Crippen LogP contribution in [0, 0.1) is 0 Å². The molecule has 0 atom stereocenters. The maximum Gasteiger partial charge on any atom is 0.262 e. The van der Waals surface area contributed by atoms with Crippen molar-refractivity contribution in [2.24, 2.45) is 7.05 Å². The molecule has 1 saturated heterocycles. The molecule has 9 nitrogen and oxygen atoms in total. The zero-order valence-electron chi connectivity index (χ0n) is 16.5. The number of hydrogen-bond acceptors (Lipinski definition) is 7. The summed E-state index contributed by atoms with van der Waals surface area (Å²) in [6, 6.07) is 1.96. The molecule has 0 unspecified atom stereocenters. The van der Waals surface area contributed by atoms with Gasteiger partial charge in [0.15, 0.2) is 10.8 Å². The molecule has 0 aromatic carbocycles. The van der Waals surface area contributed by atoms with Gasteiger partial charge in [0.1, 0.15) is 5.82 Å². The molecular weight excluding hydrogens is 366 g/mol. The maximum atomic E-state index is 13.0. The number of aryl methyl sites for hydroxylation is 1. The Morgan fingerprint density at radius 3 is 2.37 bits per heavy atom.